The van der Waals surface area contributed by atoms with Gasteiger partial charge in [0.25, 0.3) is 5.91 Å². The van der Waals surface area contributed by atoms with E-state index in [1.807, 2.05) is 30.3 Å². The lowest BCUT2D eigenvalue weighted by atomic mass is 10.2. The maximum absolute atomic E-state index is 12.0. The van der Waals surface area contributed by atoms with Gasteiger partial charge in [-0.1, -0.05) is 47.1 Å². The molecular weight excluding hydrogens is 342 g/mol. The van der Waals surface area contributed by atoms with Crippen molar-refractivity contribution in [1.29, 1.82) is 0 Å². The Morgan fingerprint density at radius 3 is 2.68 bits per heavy atom. The molecule has 0 fully saturated rings. The van der Waals surface area contributed by atoms with Gasteiger partial charge >= 0.3 is 0 Å². The number of halogens is 1. The Balaban J connectivity index is 1.59. The number of nitrogens with one attached hydrogen (secondary N) is 1. The van der Waals surface area contributed by atoms with Crippen molar-refractivity contribution in [2.45, 2.75) is 13.0 Å². The zero-order chi connectivity index (χ0) is 17.6. The number of amides is 1. The summed E-state index contributed by atoms with van der Waals surface area (Å²) in [5.41, 5.74) is 0.671. The number of benzene rings is 2. The van der Waals surface area contributed by atoms with Gasteiger partial charge in [0, 0.05) is 5.56 Å². The Hall–Kier alpha value is -2.86. The van der Waals surface area contributed by atoms with E-state index in [9.17, 15) is 4.79 Å². The number of nitrogens with zero attached hydrogens (tertiary/aromatic N) is 2. The number of para-hydroxylation sites is 1. The molecule has 3 rings (SSSR count). The minimum Gasteiger partial charge on any atom is -0.484 e. The molecule has 0 aliphatic heterocycles. The molecule has 1 N–H and O–H groups in total. The molecule has 0 unspecified atom stereocenters. The normalized spacial score (nSPS) is 11.8. The van der Waals surface area contributed by atoms with Gasteiger partial charge in [-0.15, -0.1) is 0 Å². The van der Waals surface area contributed by atoms with Crippen LogP contribution in [0.4, 0.5) is 0 Å². The maximum Gasteiger partial charge on any atom is 0.258 e. The van der Waals surface area contributed by atoms with Crippen molar-refractivity contribution >= 4 is 17.5 Å². The number of aromatic nitrogens is 2. The monoisotopic (exact) mass is 357 g/mol. The van der Waals surface area contributed by atoms with Gasteiger partial charge in [0.1, 0.15) is 11.8 Å². The van der Waals surface area contributed by atoms with Crippen molar-refractivity contribution in [2.24, 2.45) is 0 Å². The first kappa shape index (κ1) is 17.0. The Morgan fingerprint density at radius 2 is 1.92 bits per heavy atom. The summed E-state index contributed by atoms with van der Waals surface area (Å²) in [6.45, 7) is 1.66. The van der Waals surface area contributed by atoms with Gasteiger partial charge in [-0.3, -0.25) is 4.79 Å². The van der Waals surface area contributed by atoms with Crippen molar-refractivity contribution in [3.63, 3.8) is 0 Å². The largest absolute Gasteiger partial charge is 0.484 e. The second-order valence-electron chi connectivity index (χ2n) is 5.33. The van der Waals surface area contributed by atoms with E-state index in [0.29, 0.717) is 28.1 Å². The molecule has 1 aromatic heterocycles. The van der Waals surface area contributed by atoms with Gasteiger partial charge in [-0.25, -0.2) is 0 Å². The first-order valence-corrected chi connectivity index (χ1v) is 8.07. The molecule has 3 aromatic rings. The summed E-state index contributed by atoms with van der Waals surface area (Å²) in [4.78, 5) is 16.3. The van der Waals surface area contributed by atoms with E-state index >= 15 is 0 Å². The van der Waals surface area contributed by atoms with Crippen molar-refractivity contribution in [1.82, 2.24) is 15.5 Å². The van der Waals surface area contributed by atoms with Crippen LogP contribution in [-0.4, -0.2) is 22.7 Å². The fourth-order valence-electron chi connectivity index (χ4n) is 2.17. The molecular formula is C18H16ClN3O3. The van der Waals surface area contributed by atoms with Crippen LogP contribution >= 0.6 is 11.6 Å². The molecule has 0 saturated carbocycles. The molecule has 2 aromatic carbocycles. The molecule has 0 saturated heterocycles. The van der Waals surface area contributed by atoms with Crippen LogP contribution in [0, 0.1) is 0 Å². The Bertz CT molecular complexity index is 852. The molecule has 7 heteroatoms. The lowest BCUT2D eigenvalue weighted by molar-refractivity contribution is -0.123. The summed E-state index contributed by atoms with van der Waals surface area (Å²) in [6, 6.07) is 15.9. The van der Waals surface area contributed by atoms with Crippen LogP contribution < -0.4 is 10.1 Å². The molecule has 128 valence electrons. The molecule has 0 radical (unpaired) electrons. The number of hydrogen-bond donors (Lipinski definition) is 1. The third-order valence-corrected chi connectivity index (χ3v) is 3.75. The highest BCUT2D eigenvalue weighted by Gasteiger charge is 2.18. The quantitative estimate of drug-likeness (QED) is 0.728. The van der Waals surface area contributed by atoms with Gasteiger partial charge in [0.2, 0.25) is 11.7 Å². The van der Waals surface area contributed by atoms with E-state index < -0.39 is 6.04 Å². The van der Waals surface area contributed by atoms with Crippen molar-refractivity contribution in [3.05, 3.63) is 65.5 Å². The zero-order valence-corrected chi connectivity index (χ0v) is 14.2. The van der Waals surface area contributed by atoms with Crippen LogP contribution in [-0.2, 0) is 4.79 Å². The first-order chi connectivity index (χ1) is 12.1. The molecule has 0 bridgehead atoms. The molecule has 25 heavy (non-hydrogen) atoms. The number of carbonyl (C=O) groups excluding carboxylic acids is 1. The summed E-state index contributed by atoms with van der Waals surface area (Å²) < 4.78 is 10.6. The van der Waals surface area contributed by atoms with Gasteiger partial charge in [-0.05, 0) is 31.2 Å². The van der Waals surface area contributed by atoms with Crippen molar-refractivity contribution in [2.75, 3.05) is 6.61 Å². The van der Waals surface area contributed by atoms with E-state index in [1.165, 1.54) is 0 Å². The minimum atomic E-state index is -0.449. The second-order valence-corrected chi connectivity index (χ2v) is 5.73. The molecule has 6 nitrogen and oxygen atoms in total. The fraction of sp³-hybridized carbons (Fsp3) is 0.167. The van der Waals surface area contributed by atoms with Crippen LogP contribution in [0.15, 0.2) is 59.1 Å². The molecule has 1 amide bonds. The lowest BCUT2D eigenvalue weighted by Gasteiger charge is -2.10. The lowest BCUT2D eigenvalue weighted by Crippen LogP contribution is -2.31. The zero-order valence-electron chi connectivity index (χ0n) is 13.5. The predicted molar refractivity (Wildman–Crippen MR) is 93.2 cm³/mol. The van der Waals surface area contributed by atoms with E-state index in [2.05, 4.69) is 15.5 Å². The topological polar surface area (TPSA) is 77.2 Å². The Morgan fingerprint density at radius 1 is 1.20 bits per heavy atom. The maximum atomic E-state index is 12.0. The average Bonchev–Trinajstić information content (AvgIpc) is 3.11. The van der Waals surface area contributed by atoms with Crippen molar-refractivity contribution < 1.29 is 14.1 Å². The van der Waals surface area contributed by atoms with Crippen LogP contribution in [0.2, 0.25) is 5.02 Å². The SMILES string of the molecule is C[C@@H](NC(=O)COc1ccccc1)c1nc(-c2ccccc2Cl)no1. The van der Waals surface area contributed by atoms with Crippen LogP contribution in [0.1, 0.15) is 18.9 Å². The van der Waals surface area contributed by atoms with Crippen LogP contribution in [0.3, 0.4) is 0 Å². The molecule has 1 atom stereocenters. The summed E-state index contributed by atoms with van der Waals surface area (Å²) >= 11 is 6.12. The van der Waals surface area contributed by atoms with Gasteiger partial charge in [-0.2, -0.15) is 4.98 Å². The number of carbonyl (C=O) groups is 1. The molecule has 0 aliphatic carbocycles. The summed E-state index contributed by atoms with van der Waals surface area (Å²) in [6.07, 6.45) is 0. The van der Waals surface area contributed by atoms with E-state index in [-0.39, 0.29) is 12.5 Å². The summed E-state index contributed by atoms with van der Waals surface area (Å²) in [5.74, 6) is 1.02. The second kappa shape index (κ2) is 7.81. The average molecular weight is 358 g/mol. The van der Waals surface area contributed by atoms with Gasteiger partial charge in [0.05, 0.1) is 5.02 Å². The van der Waals surface area contributed by atoms with Crippen LogP contribution in [0.25, 0.3) is 11.4 Å². The summed E-state index contributed by atoms with van der Waals surface area (Å²) in [5, 5.41) is 7.20. The van der Waals surface area contributed by atoms with Crippen LogP contribution in [0.5, 0.6) is 5.75 Å². The standard InChI is InChI=1S/C18H16ClN3O3/c1-12(20-16(23)11-24-13-7-3-2-4-8-13)18-21-17(22-25-18)14-9-5-6-10-15(14)19/h2-10,12H,11H2,1H3,(H,20,23)/t12-/m1/s1. The first-order valence-electron chi connectivity index (χ1n) is 7.69. The van der Waals surface area contributed by atoms with E-state index in [4.69, 9.17) is 20.9 Å². The molecule has 1 heterocycles. The third-order valence-electron chi connectivity index (χ3n) is 3.42. The highest BCUT2D eigenvalue weighted by Crippen LogP contribution is 2.25. The van der Waals surface area contributed by atoms with Gasteiger partial charge < -0.3 is 14.6 Å². The number of ether oxygens (including phenoxy) is 1. The van der Waals surface area contributed by atoms with E-state index in [0.717, 1.165) is 0 Å². The third kappa shape index (κ3) is 4.36. The molecule has 0 aliphatic rings. The Kier molecular flexibility index (Phi) is 5.30. The summed E-state index contributed by atoms with van der Waals surface area (Å²) in [7, 11) is 0. The van der Waals surface area contributed by atoms with Crippen molar-refractivity contribution in [3.8, 4) is 17.1 Å². The smallest absolute Gasteiger partial charge is 0.258 e. The predicted octanol–water partition coefficient (Wildman–Crippen LogP) is 3.65. The highest BCUT2D eigenvalue weighted by atomic mass is 35.5. The fourth-order valence-corrected chi connectivity index (χ4v) is 2.39. The highest BCUT2D eigenvalue weighted by molar-refractivity contribution is 6.33. The minimum absolute atomic E-state index is 0.0974. The van der Waals surface area contributed by atoms with Gasteiger partial charge in [0.15, 0.2) is 6.61 Å². The Labute approximate surface area is 149 Å². The number of rotatable bonds is 6. The number of hydrogen-bond acceptors (Lipinski definition) is 5. The molecule has 0 spiro atoms. The van der Waals surface area contributed by atoms with E-state index in [1.54, 1.807) is 31.2 Å².